The van der Waals surface area contributed by atoms with E-state index in [-0.39, 0.29) is 22.1 Å². The molecule has 7 heteroatoms. The summed E-state index contributed by atoms with van der Waals surface area (Å²) in [5.41, 5.74) is 0.203. The molecule has 1 aliphatic rings. The van der Waals surface area contributed by atoms with Crippen LogP contribution in [0.5, 0.6) is 0 Å². The molecule has 5 nitrogen and oxygen atoms in total. The largest absolute Gasteiger partial charge is 0.392 e. The Morgan fingerprint density at radius 3 is 2.81 bits per heavy atom. The third-order valence-corrected chi connectivity index (χ3v) is 5.63. The fourth-order valence-corrected chi connectivity index (χ4v) is 4.18. The number of methoxy groups -OCH3 is 1. The van der Waals surface area contributed by atoms with Gasteiger partial charge in [0.05, 0.1) is 17.6 Å². The van der Waals surface area contributed by atoms with Crippen LogP contribution in [0.15, 0.2) is 17.0 Å². The first-order valence-electron chi connectivity index (χ1n) is 6.83. The van der Waals surface area contributed by atoms with Crippen LogP contribution in [0, 0.1) is 12.7 Å². The number of nitrogens with zero attached hydrogens (tertiary/aromatic N) is 1. The number of aliphatic hydroxyl groups is 1. The number of hydrogen-bond acceptors (Lipinski definition) is 4. The molecule has 1 atom stereocenters. The van der Waals surface area contributed by atoms with Crippen molar-refractivity contribution in [3.8, 4) is 0 Å². The number of sulfonamides is 1. The van der Waals surface area contributed by atoms with Crippen molar-refractivity contribution in [1.82, 2.24) is 4.31 Å². The molecule has 21 heavy (non-hydrogen) atoms. The third kappa shape index (κ3) is 3.26. The molecule has 1 aromatic rings. The highest BCUT2D eigenvalue weighted by Gasteiger charge is 2.31. The smallest absolute Gasteiger partial charge is 0.243 e. The van der Waals surface area contributed by atoms with E-state index in [4.69, 9.17) is 9.84 Å². The van der Waals surface area contributed by atoms with Crippen molar-refractivity contribution in [1.29, 1.82) is 0 Å². The van der Waals surface area contributed by atoms with Crippen molar-refractivity contribution in [3.63, 3.8) is 0 Å². The molecule has 1 unspecified atom stereocenters. The van der Waals surface area contributed by atoms with Gasteiger partial charge in [-0.2, -0.15) is 4.31 Å². The maximum Gasteiger partial charge on any atom is 0.243 e. The molecule has 0 aromatic heterocycles. The highest BCUT2D eigenvalue weighted by atomic mass is 32.2. The number of aliphatic hydroxyl groups excluding tert-OH is 1. The predicted molar refractivity (Wildman–Crippen MR) is 75.8 cm³/mol. The van der Waals surface area contributed by atoms with Crippen molar-refractivity contribution in [3.05, 3.63) is 29.1 Å². The van der Waals surface area contributed by atoms with Crippen LogP contribution < -0.4 is 0 Å². The summed E-state index contributed by atoms with van der Waals surface area (Å²) in [6, 6.07) is 2.51. The van der Waals surface area contributed by atoms with Gasteiger partial charge < -0.3 is 9.84 Å². The Hall–Kier alpha value is -1.02. The number of hydrogen-bond donors (Lipinski definition) is 1. The van der Waals surface area contributed by atoms with Gasteiger partial charge in [0.15, 0.2) is 0 Å². The normalized spacial score (nSPS) is 20.7. The van der Waals surface area contributed by atoms with Gasteiger partial charge in [-0.05, 0) is 37.5 Å². The Kier molecular flexibility index (Phi) is 4.98. The van der Waals surface area contributed by atoms with Gasteiger partial charge in [0, 0.05) is 25.8 Å². The highest BCUT2D eigenvalue weighted by Crippen LogP contribution is 2.25. The van der Waals surface area contributed by atoms with Gasteiger partial charge in [-0.3, -0.25) is 0 Å². The zero-order chi connectivity index (χ0) is 15.6. The molecule has 1 aliphatic heterocycles. The van der Waals surface area contributed by atoms with E-state index < -0.39 is 22.4 Å². The molecule has 1 saturated heterocycles. The number of halogens is 1. The van der Waals surface area contributed by atoms with Crippen molar-refractivity contribution in [2.24, 2.45) is 0 Å². The Morgan fingerprint density at radius 2 is 2.19 bits per heavy atom. The number of aryl methyl sites for hydroxylation is 1. The van der Waals surface area contributed by atoms with Crippen LogP contribution >= 0.6 is 0 Å². The molecular formula is C14H20FNO4S. The molecule has 1 aromatic carbocycles. The van der Waals surface area contributed by atoms with E-state index in [9.17, 15) is 12.8 Å². The van der Waals surface area contributed by atoms with E-state index in [1.807, 2.05) is 0 Å². The summed E-state index contributed by atoms with van der Waals surface area (Å²) >= 11 is 0. The zero-order valence-corrected chi connectivity index (χ0v) is 13.0. The number of rotatable bonds is 4. The maximum absolute atomic E-state index is 13.7. The first-order chi connectivity index (χ1) is 9.90. The molecule has 0 spiro atoms. The van der Waals surface area contributed by atoms with Crippen LogP contribution in [-0.2, 0) is 21.4 Å². The van der Waals surface area contributed by atoms with E-state index in [1.54, 1.807) is 7.11 Å². The summed E-state index contributed by atoms with van der Waals surface area (Å²) < 4.78 is 45.6. The van der Waals surface area contributed by atoms with E-state index in [0.717, 1.165) is 12.8 Å². The van der Waals surface area contributed by atoms with Crippen molar-refractivity contribution >= 4 is 10.0 Å². The van der Waals surface area contributed by atoms with Crippen molar-refractivity contribution in [2.45, 2.75) is 37.4 Å². The zero-order valence-electron chi connectivity index (χ0n) is 12.2. The molecule has 2 rings (SSSR count). The molecule has 0 amide bonds. The first-order valence-corrected chi connectivity index (χ1v) is 8.27. The molecule has 1 fully saturated rings. The van der Waals surface area contributed by atoms with E-state index in [2.05, 4.69) is 0 Å². The van der Waals surface area contributed by atoms with Crippen LogP contribution in [-0.4, -0.2) is 44.1 Å². The lowest BCUT2D eigenvalue weighted by Crippen LogP contribution is -2.42. The van der Waals surface area contributed by atoms with Gasteiger partial charge >= 0.3 is 0 Å². The topological polar surface area (TPSA) is 66.8 Å². The maximum atomic E-state index is 13.7. The van der Waals surface area contributed by atoms with Crippen LogP contribution in [0.3, 0.4) is 0 Å². The Labute approximate surface area is 124 Å². The van der Waals surface area contributed by atoms with Gasteiger partial charge in [0.1, 0.15) is 5.82 Å². The molecule has 1 N–H and O–H groups in total. The monoisotopic (exact) mass is 317 g/mol. The average molecular weight is 317 g/mol. The summed E-state index contributed by atoms with van der Waals surface area (Å²) in [4.78, 5) is 0.0159. The van der Waals surface area contributed by atoms with E-state index in [1.165, 1.54) is 23.4 Å². The first kappa shape index (κ1) is 16.4. The molecule has 0 saturated carbocycles. The Morgan fingerprint density at radius 1 is 1.48 bits per heavy atom. The second-order valence-electron chi connectivity index (χ2n) is 5.23. The molecule has 1 heterocycles. The molecule has 0 radical (unpaired) electrons. The van der Waals surface area contributed by atoms with E-state index >= 15 is 0 Å². The molecule has 0 aliphatic carbocycles. The number of piperidine rings is 1. The summed E-state index contributed by atoms with van der Waals surface area (Å²) in [6.07, 6.45) is 1.44. The second-order valence-corrected chi connectivity index (χ2v) is 7.17. The predicted octanol–water partition coefficient (Wildman–Crippen LogP) is 1.43. The van der Waals surface area contributed by atoms with Gasteiger partial charge in [0.25, 0.3) is 0 Å². The van der Waals surface area contributed by atoms with E-state index in [0.29, 0.717) is 13.1 Å². The van der Waals surface area contributed by atoms with Crippen LogP contribution in [0.2, 0.25) is 0 Å². The molecular weight excluding hydrogens is 297 g/mol. The number of ether oxygens (including phenoxy) is 1. The van der Waals surface area contributed by atoms with Gasteiger partial charge in [-0.1, -0.05) is 0 Å². The minimum atomic E-state index is -3.70. The SMILES string of the molecule is COC1CCCN(S(=O)(=O)c2cc(C)c(F)c(CO)c2)C1. The minimum absolute atomic E-state index is 0.00567. The third-order valence-electron chi connectivity index (χ3n) is 3.79. The van der Waals surface area contributed by atoms with Gasteiger partial charge in [0.2, 0.25) is 10.0 Å². The van der Waals surface area contributed by atoms with Gasteiger partial charge in [-0.15, -0.1) is 0 Å². The summed E-state index contributed by atoms with van der Waals surface area (Å²) in [5, 5.41) is 9.16. The average Bonchev–Trinajstić information content (AvgIpc) is 2.49. The summed E-state index contributed by atoms with van der Waals surface area (Å²) in [6.45, 7) is 1.68. The second kappa shape index (κ2) is 6.39. The van der Waals surface area contributed by atoms with Crippen LogP contribution in [0.4, 0.5) is 4.39 Å². The van der Waals surface area contributed by atoms with Crippen LogP contribution in [0.1, 0.15) is 24.0 Å². The van der Waals surface area contributed by atoms with Crippen molar-refractivity contribution in [2.75, 3.05) is 20.2 Å². The summed E-state index contributed by atoms with van der Waals surface area (Å²) in [7, 11) is -2.14. The standard InChI is InChI=1S/C14H20FNO4S/c1-10-6-13(7-11(9-17)14(10)15)21(18,19)16-5-3-4-12(8-16)20-2/h6-7,12,17H,3-5,8-9H2,1-2H3. The molecule has 0 bridgehead atoms. The fraction of sp³-hybridized carbons (Fsp3) is 0.571. The minimum Gasteiger partial charge on any atom is -0.392 e. The lowest BCUT2D eigenvalue weighted by molar-refractivity contribution is 0.0572. The molecule has 118 valence electrons. The highest BCUT2D eigenvalue weighted by molar-refractivity contribution is 7.89. The lowest BCUT2D eigenvalue weighted by Gasteiger charge is -2.31. The number of benzene rings is 1. The fourth-order valence-electron chi connectivity index (χ4n) is 2.54. The Balaban J connectivity index is 2.37. The van der Waals surface area contributed by atoms with Gasteiger partial charge in [-0.25, -0.2) is 12.8 Å². The summed E-state index contributed by atoms with van der Waals surface area (Å²) in [5.74, 6) is -0.565. The lowest BCUT2D eigenvalue weighted by atomic mass is 10.1. The quantitative estimate of drug-likeness (QED) is 0.912. The van der Waals surface area contributed by atoms with Crippen molar-refractivity contribution < 1.29 is 22.7 Å². The van der Waals surface area contributed by atoms with Crippen LogP contribution in [0.25, 0.3) is 0 Å². The Bertz CT molecular complexity index is 618.